The van der Waals surface area contributed by atoms with E-state index < -0.39 is 5.41 Å². The fraction of sp³-hybridized carbons (Fsp3) is 0.577. The van der Waals surface area contributed by atoms with Gasteiger partial charge in [-0.2, -0.15) is 5.10 Å². The highest BCUT2D eigenvalue weighted by Crippen LogP contribution is 2.36. The van der Waals surface area contributed by atoms with Crippen LogP contribution in [-0.4, -0.2) is 89.2 Å². The Morgan fingerprint density at radius 3 is 2.66 bits per heavy atom. The second kappa shape index (κ2) is 11.9. The first kappa shape index (κ1) is 25.5. The number of aryl methyl sites for hydroxylation is 1. The lowest BCUT2D eigenvalue weighted by atomic mass is 9.77. The summed E-state index contributed by atoms with van der Waals surface area (Å²) in [6, 6.07) is 9.22. The largest absolute Gasteiger partial charge is 0.493 e. The summed E-state index contributed by atoms with van der Waals surface area (Å²) in [6.07, 6.45) is 6.96. The average Bonchev–Trinajstić information content (AvgIpc) is 3.37. The number of hydrogen-bond acceptors (Lipinski definition) is 5. The average molecular weight is 502 g/mol. The van der Waals surface area contributed by atoms with Crippen LogP contribution >= 0.6 is 11.6 Å². The van der Waals surface area contributed by atoms with Gasteiger partial charge in [-0.25, -0.2) is 0 Å². The van der Waals surface area contributed by atoms with Gasteiger partial charge in [-0.3, -0.25) is 14.3 Å². The van der Waals surface area contributed by atoms with Gasteiger partial charge in [0.05, 0.1) is 6.61 Å². The number of carbonyl (C=O) groups excluding carboxylic acids is 2. The standard InChI is InChI=1S/C26H36ClN5O3/c1-29-14-16-30(17-15-29)25(34)19-26(21-35-23-7-2-6-22(27)18-23)9-4-11-31(20-26)24(33)8-3-12-32-13-5-10-28-32/h2,5-7,10,13,18H,3-4,8-9,11-12,14-17,19-21H2,1H3. The van der Waals surface area contributed by atoms with Crippen molar-refractivity contribution in [2.75, 3.05) is 52.9 Å². The number of piperidine rings is 1. The molecule has 2 amide bonds. The van der Waals surface area contributed by atoms with Crippen molar-refractivity contribution in [3.8, 4) is 5.75 Å². The number of hydrogen-bond donors (Lipinski definition) is 0. The number of amides is 2. The molecule has 1 atom stereocenters. The zero-order chi connectivity index (χ0) is 24.7. The highest BCUT2D eigenvalue weighted by atomic mass is 35.5. The van der Waals surface area contributed by atoms with E-state index in [-0.39, 0.29) is 11.8 Å². The molecule has 0 spiro atoms. The molecule has 2 fully saturated rings. The van der Waals surface area contributed by atoms with Crippen molar-refractivity contribution in [1.29, 1.82) is 0 Å². The van der Waals surface area contributed by atoms with Crippen LogP contribution in [0.15, 0.2) is 42.7 Å². The minimum absolute atomic E-state index is 0.135. The maximum atomic E-state index is 13.3. The van der Waals surface area contributed by atoms with Crippen LogP contribution in [0.2, 0.25) is 5.02 Å². The third kappa shape index (κ3) is 7.21. The van der Waals surface area contributed by atoms with Gasteiger partial charge >= 0.3 is 0 Å². The normalized spacial score (nSPS) is 21.2. The minimum Gasteiger partial charge on any atom is -0.493 e. The number of likely N-dealkylation sites (N-methyl/N-ethyl adjacent to an activating group) is 1. The molecule has 0 bridgehead atoms. The van der Waals surface area contributed by atoms with Crippen molar-refractivity contribution in [3.05, 3.63) is 47.7 Å². The molecular formula is C26H36ClN5O3. The van der Waals surface area contributed by atoms with Crippen LogP contribution in [0, 0.1) is 5.41 Å². The van der Waals surface area contributed by atoms with E-state index in [0.717, 1.165) is 58.5 Å². The predicted octanol–water partition coefficient (Wildman–Crippen LogP) is 3.17. The molecule has 1 unspecified atom stereocenters. The van der Waals surface area contributed by atoms with Crippen LogP contribution in [-0.2, 0) is 16.1 Å². The molecule has 8 nitrogen and oxygen atoms in total. The molecule has 190 valence electrons. The van der Waals surface area contributed by atoms with Gasteiger partial charge in [-0.05, 0) is 50.6 Å². The summed E-state index contributed by atoms with van der Waals surface area (Å²) in [5, 5.41) is 4.82. The van der Waals surface area contributed by atoms with Crippen LogP contribution < -0.4 is 4.74 Å². The van der Waals surface area contributed by atoms with Gasteiger partial charge in [-0.1, -0.05) is 17.7 Å². The van der Waals surface area contributed by atoms with Crippen LogP contribution in [0.25, 0.3) is 0 Å². The number of rotatable bonds is 9. The Morgan fingerprint density at radius 2 is 1.91 bits per heavy atom. The van der Waals surface area contributed by atoms with Crippen LogP contribution in [0.1, 0.15) is 32.1 Å². The lowest BCUT2D eigenvalue weighted by Gasteiger charge is -2.43. The van der Waals surface area contributed by atoms with E-state index in [4.69, 9.17) is 16.3 Å². The molecule has 2 saturated heterocycles. The van der Waals surface area contributed by atoms with Crippen molar-refractivity contribution < 1.29 is 14.3 Å². The summed E-state index contributed by atoms with van der Waals surface area (Å²) < 4.78 is 8.03. The van der Waals surface area contributed by atoms with Gasteiger partial charge in [0.2, 0.25) is 11.8 Å². The summed E-state index contributed by atoms with van der Waals surface area (Å²) >= 11 is 6.15. The summed E-state index contributed by atoms with van der Waals surface area (Å²) in [5.74, 6) is 0.975. The molecule has 1 aromatic heterocycles. The lowest BCUT2D eigenvalue weighted by Crippen LogP contribution is -2.53. The van der Waals surface area contributed by atoms with E-state index in [9.17, 15) is 9.59 Å². The molecule has 2 aliphatic rings. The third-order valence-electron chi connectivity index (χ3n) is 7.07. The molecule has 35 heavy (non-hydrogen) atoms. The number of carbonyl (C=O) groups is 2. The van der Waals surface area contributed by atoms with Gasteiger partial charge in [0.15, 0.2) is 0 Å². The monoisotopic (exact) mass is 501 g/mol. The molecule has 0 radical (unpaired) electrons. The molecule has 1 aromatic carbocycles. The van der Waals surface area contributed by atoms with E-state index in [2.05, 4.69) is 17.0 Å². The second-order valence-corrected chi connectivity index (χ2v) is 10.3. The SMILES string of the molecule is CN1CCN(C(=O)CC2(COc3cccc(Cl)c3)CCCN(C(=O)CCCn3cccn3)C2)CC1. The van der Waals surface area contributed by atoms with E-state index in [1.54, 1.807) is 12.3 Å². The fourth-order valence-corrected chi connectivity index (χ4v) is 5.18. The number of ether oxygens (including phenoxy) is 1. The van der Waals surface area contributed by atoms with Crippen molar-refractivity contribution >= 4 is 23.4 Å². The molecule has 2 aromatic rings. The molecule has 0 saturated carbocycles. The van der Waals surface area contributed by atoms with Crippen LogP contribution in [0.5, 0.6) is 5.75 Å². The topological polar surface area (TPSA) is 70.9 Å². The molecule has 2 aliphatic heterocycles. The smallest absolute Gasteiger partial charge is 0.223 e. The minimum atomic E-state index is -0.418. The van der Waals surface area contributed by atoms with Gasteiger partial charge in [0, 0.05) is 81.5 Å². The lowest BCUT2D eigenvalue weighted by molar-refractivity contribution is -0.142. The summed E-state index contributed by atoms with van der Waals surface area (Å²) in [5.41, 5.74) is -0.418. The highest BCUT2D eigenvalue weighted by molar-refractivity contribution is 6.30. The Kier molecular flexibility index (Phi) is 8.68. The third-order valence-corrected chi connectivity index (χ3v) is 7.31. The Labute approximate surface area is 212 Å². The Bertz CT molecular complexity index is 977. The predicted molar refractivity (Wildman–Crippen MR) is 135 cm³/mol. The molecule has 4 rings (SSSR count). The fourth-order valence-electron chi connectivity index (χ4n) is 5.00. The number of likely N-dealkylation sites (tertiary alicyclic amines) is 1. The number of benzene rings is 1. The van der Waals surface area contributed by atoms with Crippen molar-refractivity contribution in [2.45, 2.75) is 38.6 Å². The van der Waals surface area contributed by atoms with E-state index in [0.29, 0.717) is 36.8 Å². The van der Waals surface area contributed by atoms with E-state index >= 15 is 0 Å². The molecule has 0 aliphatic carbocycles. The van der Waals surface area contributed by atoms with Gasteiger partial charge in [-0.15, -0.1) is 0 Å². The number of halogens is 1. The number of nitrogens with zero attached hydrogens (tertiary/aromatic N) is 5. The Hall–Kier alpha value is -2.58. The molecule has 9 heteroatoms. The Balaban J connectivity index is 1.41. The highest BCUT2D eigenvalue weighted by Gasteiger charge is 2.41. The first-order valence-corrected chi connectivity index (χ1v) is 12.9. The number of piperazine rings is 1. The summed E-state index contributed by atoms with van der Waals surface area (Å²) in [4.78, 5) is 32.6. The van der Waals surface area contributed by atoms with Gasteiger partial charge in [0.25, 0.3) is 0 Å². The first-order valence-electron chi connectivity index (χ1n) is 12.5. The van der Waals surface area contributed by atoms with Crippen LogP contribution in [0.4, 0.5) is 0 Å². The van der Waals surface area contributed by atoms with Gasteiger partial charge in [0.1, 0.15) is 5.75 Å². The quantitative estimate of drug-likeness (QED) is 0.528. The second-order valence-electron chi connectivity index (χ2n) is 9.90. The molecule has 3 heterocycles. The van der Waals surface area contributed by atoms with E-state index in [1.807, 2.05) is 44.9 Å². The maximum Gasteiger partial charge on any atom is 0.223 e. The van der Waals surface area contributed by atoms with Crippen molar-refractivity contribution in [3.63, 3.8) is 0 Å². The Morgan fingerprint density at radius 1 is 1.09 bits per heavy atom. The zero-order valence-electron chi connectivity index (χ0n) is 20.6. The van der Waals surface area contributed by atoms with Gasteiger partial charge < -0.3 is 19.4 Å². The molecule has 0 N–H and O–H groups in total. The summed E-state index contributed by atoms with van der Waals surface area (Å²) in [6.45, 7) is 5.63. The van der Waals surface area contributed by atoms with E-state index in [1.165, 1.54) is 0 Å². The zero-order valence-corrected chi connectivity index (χ0v) is 21.3. The van der Waals surface area contributed by atoms with Crippen LogP contribution in [0.3, 0.4) is 0 Å². The summed E-state index contributed by atoms with van der Waals surface area (Å²) in [7, 11) is 2.08. The van der Waals surface area contributed by atoms with Crippen molar-refractivity contribution in [1.82, 2.24) is 24.5 Å². The van der Waals surface area contributed by atoms with Crippen molar-refractivity contribution in [2.24, 2.45) is 5.41 Å². The molecular weight excluding hydrogens is 466 g/mol. The number of aromatic nitrogens is 2. The maximum absolute atomic E-state index is 13.3. The first-order chi connectivity index (χ1) is 16.9.